The maximum Gasteiger partial charge on any atom is 0.205 e. The lowest BCUT2D eigenvalue weighted by Gasteiger charge is -2.37. The number of rotatable bonds is 1. The third kappa shape index (κ3) is 3.18. The van der Waals surface area contributed by atoms with Crippen molar-refractivity contribution in [3.63, 3.8) is 0 Å². The van der Waals surface area contributed by atoms with Crippen LogP contribution in [0.25, 0.3) is 16.9 Å². The molecular weight excluding hydrogens is 358 g/mol. The summed E-state index contributed by atoms with van der Waals surface area (Å²) in [5, 5.41) is 3.68. The second-order valence-electron chi connectivity index (χ2n) is 9.13. The molecule has 1 aromatic carbocycles. The number of aromatic nitrogens is 2. The van der Waals surface area contributed by atoms with Crippen molar-refractivity contribution in [2.75, 3.05) is 10.2 Å². The first kappa shape index (κ1) is 18.2. The molecule has 1 saturated carbocycles. The number of fused-ring (bicyclic) bond motifs is 5. The van der Waals surface area contributed by atoms with E-state index < -0.39 is 0 Å². The van der Waals surface area contributed by atoms with Gasteiger partial charge in [-0.2, -0.15) is 0 Å². The highest BCUT2D eigenvalue weighted by atomic mass is 15.4. The third-order valence-electron chi connectivity index (χ3n) is 5.91. The molecule has 1 N–H and O–H groups in total. The molecule has 150 valence electrons. The van der Waals surface area contributed by atoms with E-state index in [1.807, 2.05) is 6.07 Å². The van der Waals surface area contributed by atoms with Gasteiger partial charge in [0.1, 0.15) is 17.2 Å². The lowest BCUT2D eigenvalue weighted by atomic mass is 9.96. The minimum Gasteiger partial charge on any atom is -0.325 e. The summed E-state index contributed by atoms with van der Waals surface area (Å²) in [4.78, 5) is 12.6. The smallest absolute Gasteiger partial charge is 0.205 e. The fourth-order valence-electron chi connectivity index (χ4n) is 4.56. The molecule has 2 aliphatic rings. The van der Waals surface area contributed by atoms with Gasteiger partial charge in [-0.15, -0.1) is 0 Å². The summed E-state index contributed by atoms with van der Waals surface area (Å²) < 4.78 is 2.20. The molecule has 0 unspecified atom stereocenters. The predicted molar refractivity (Wildman–Crippen MR) is 121 cm³/mol. The Morgan fingerprint density at radius 2 is 1.76 bits per heavy atom. The fraction of sp³-hybridized carbons (Fsp3) is 0.417. The molecule has 0 atom stereocenters. The molecular formula is C24H29N5. The zero-order valence-electron chi connectivity index (χ0n) is 17.5. The molecule has 0 spiro atoms. The summed E-state index contributed by atoms with van der Waals surface area (Å²) in [5.74, 6) is 2.02. The lowest BCUT2D eigenvalue weighted by molar-refractivity contribution is 0.441. The van der Waals surface area contributed by atoms with Crippen molar-refractivity contribution in [1.29, 1.82) is 0 Å². The minimum absolute atomic E-state index is 0.164. The third-order valence-corrected chi connectivity index (χ3v) is 5.91. The molecule has 5 rings (SSSR count). The molecule has 1 aliphatic heterocycles. The van der Waals surface area contributed by atoms with Gasteiger partial charge in [-0.25, -0.2) is 9.98 Å². The van der Waals surface area contributed by atoms with Crippen LogP contribution in [0.15, 0.2) is 53.7 Å². The van der Waals surface area contributed by atoms with Crippen molar-refractivity contribution in [3.8, 4) is 11.3 Å². The molecule has 1 aliphatic carbocycles. The van der Waals surface area contributed by atoms with Crippen LogP contribution in [0.5, 0.6) is 0 Å². The number of imidazole rings is 1. The maximum atomic E-state index is 5.28. The number of guanidine groups is 1. The van der Waals surface area contributed by atoms with E-state index >= 15 is 0 Å². The molecule has 5 heteroatoms. The van der Waals surface area contributed by atoms with E-state index in [1.54, 1.807) is 0 Å². The van der Waals surface area contributed by atoms with Gasteiger partial charge in [0.2, 0.25) is 5.96 Å². The molecule has 0 radical (unpaired) electrons. The van der Waals surface area contributed by atoms with Gasteiger partial charge in [0.15, 0.2) is 0 Å². The number of pyridine rings is 1. The van der Waals surface area contributed by atoms with Crippen LogP contribution in [-0.4, -0.2) is 26.9 Å². The molecule has 2 aromatic heterocycles. The Labute approximate surface area is 172 Å². The monoisotopic (exact) mass is 387 g/mol. The number of anilines is 2. The second-order valence-corrected chi connectivity index (χ2v) is 9.13. The van der Waals surface area contributed by atoms with E-state index in [1.165, 1.54) is 32.1 Å². The van der Waals surface area contributed by atoms with Crippen LogP contribution in [0.2, 0.25) is 0 Å². The Kier molecular flexibility index (Phi) is 4.34. The standard InChI is InChI=1S/C24H29N5/c1-24(2,3)29-22-21(27-20-15-9-10-16-28(20)22)18-13-7-8-14-19(18)26-23(29)25-17-11-5-4-6-12-17/h7-10,13-17H,4-6,11-12H2,1-3H3,(H,25,26). The topological polar surface area (TPSA) is 44.9 Å². The highest BCUT2D eigenvalue weighted by molar-refractivity contribution is 6.12. The maximum absolute atomic E-state index is 5.28. The second kappa shape index (κ2) is 6.90. The molecule has 1 fully saturated rings. The van der Waals surface area contributed by atoms with Gasteiger partial charge in [-0.3, -0.25) is 9.30 Å². The number of aliphatic imine (C=N–C) groups is 1. The number of para-hydroxylation sites is 1. The summed E-state index contributed by atoms with van der Waals surface area (Å²) in [6, 6.07) is 15.0. The van der Waals surface area contributed by atoms with Gasteiger partial charge < -0.3 is 5.32 Å². The first-order valence-corrected chi connectivity index (χ1v) is 10.7. The number of hydrogen-bond acceptors (Lipinski definition) is 2. The SMILES string of the molecule is CC(C)(C)N1C(=NC2CCCCC2)Nc2ccccc2-c2nc3ccccn3c21. The Balaban J connectivity index is 1.79. The van der Waals surface area contributed by atoms with E-state index in [9.17, 15) is 0 Å². The number of nitrogens with one attached hydrogen (secondary N) is 1. The Bertz CT molecular complexity index is 1070. The van der Waals surface area contributed by atoms with Crippen LogP contribution in [0, 0.1) is 0 Å². The zero-order chi connectivity index (χ0) is 20.0. The quantitative estimate of drug-likeness (QED) is 0.581. The highest BCUT2D eigenvalue weighted by Crippen LogP contribution is 2.41. The van der Waals surface area contributed by atoms with Crippen molar-refractivity contribution in [2.24, 2.45) is 4.99 Å². The first-order chi connectivity index (χ1) is 14.0. The first-order valence-electron chi connectivity index (χ1n) is 10.7. The molecule has 5 nitrogen and oxygen atoms in total. The minimum atomic E-state index is -0.164. The molecule has 3 heterocycles. The van der Waals surface area contributed by atoms with Crippen LogP contribution in [0.4, 0.5) is 11.5 Å². The highest BCUT2D eigenvalue weighted by Gasteiger charge is 2.36. The van der Waals surface area contributed by atoms with Crippen LogP contribution in [0.3, 0.4) is 0 Å². The van der Waals surface area contributed by atoms with E-state index in [0.717, 1.165) is 34.4 Å². The number of benzene rings is 1. The zero-order valence-corrected chi connectivity index (χ0v) is 17.5. The van der Waals surface area contributed by atoms with Gasteiger partial charge in [0.05, 0.1) is 11.7 Å². The van der Waals surface area contributed by atoms with Crippen LogP contribution < -0.4 is 10.2 Å². The van der Waals surface area contributed by atoms with Crippen molar-refractivity contribution in [3.05, 3.63) is 48.7 Å². The average molecular weight is 388 g/mol. The Morgan fingerprint density at radius 1 is 1.00 bits per heavy atom. The van der Waals surface area contributed by atoms with Gasteiger partial charge in [-0.05, 0) is 51.8 Å². The summed E-state index contributed by atoms with van der Waals surface area (Å²) >= 11 is 0. The molecule has 0 bridgehead atoms. The van der Waals surface area contributed by atoms with Crippen LogP contribution in [0.1, 0.15) is 52.9 Å². The summed E-state index contributed by atoms with van der Waals surface area (Å²) in [7, 11) is 0. The van der Waals surface area contributed by atoms with Crippen LogP contribution in [-0.2, 0) is 0 Å². The number of nitrogens with zero attached hydrogens (tertiary/aromatic N) is 4. The van der Waals surface area contributed by atoms with Gasteiger partial charge >= 0.3 is 0 Å². The van der Waals surface area contributed by atoms with E-state index in [2.05, 4.69) is 78.0 Å². The van der Waals surface area contributed by atoms with E-state index in [0.29, 0.717) is 6.04 Å². The van der Waals surface area contributed by atoms with Crippen molar-refractivity contribution < 1.29 is 0 Å². The predicted octanol–water partition coefficient (Wildman–Crippen LogP) is 5.72. The fourth-order valence-corrected chi connectivity index (χ4v) is 4.56. The van der Waals surface area contributed by atoms with Gasteiger partial charge in [-0.1, -0.05) is 43.5 Å². The Morgan fingerprint density at radius 3 is 2.55 bits per heavy atom. The van der Waals surface area contributed by atoms with Gasteiger partial charge in [0, 0.05) is 17.3 Å². The van der Waals surface area contributed by atoms with E-state index in [-0.39, 0.29) is 5.54 Å². The summed E-state index contributed by atoms with van der Waals surface area (Å²) in [5.41, 5.74) is 3.99. The van der Waals surface area contributed by atoms with Crippen LogP contribution >= 0.6 is 0 Å². The van der Waals surface area contributed by atoms with Crippen molar-refractivity contribution in [1.82, 2.24) is 9.38 Å². The molecule has 0 saturated heterocycles. The van der Waals surface area contributed by atoms with Crippen molar-refractivity contribution in [2.45, 2.75) is 64.5 Å². The lowest BCUT2D eigenvalue weighted by Crippen LogP contribution is -2.49. The number of hydrogen-bond donors (Lipinski definition) is 1. The normalized spacial score (nSPS) is 19.0. The van der Waals surface area contributed by atoms with Gasteiger partial charge in [0.25, 0.3) is 0 Å². The van der Waals surface area contributed by atoms with E-state index in [4.69, 9.17) is 9.98 Å². The summed E-state index contributed by atoms with van der Waals surface area (Å²) in [6.45, 7) is 6.73. The molecule has 3 aromatic rings. The molecule has 0 amide bonds. The van der Waals surface area contributed by atoms with Crippen molar-refractivity contribution >= 4 is 23.1 Å². The average Bonchev–Trinajstić information content (AvgIpc) is 3.00. The largest absolute Gasteiger partial charge is 0.325 e. The Hall–Kier alpha value is -2.82. The molecule has 29 heavy (non-hydrogen) atoms. The summed E-state index contributed by atoms with van der Waals surface area (Å²) in [6.07, 6.45) is 8.32.